The van der Waals surface area contributed by atoms with E-state index in [2.05, 4.69) is 33.5 Å². The van der Waals surface area contributed by atoms with E-state index in [9.17, 15) is 0 Å². The molecule has 0 unspecified atom stereocenters. The summed E-state index contributed by atoms with van der Waals surface area (Å²) < 4.78 is 10.6. The van der Waals surface area contributed by atoms with Crippen molar-refractivity contribution in [1.82, 2.24) is 9.97 Å². The van der Waals surface area contributed by atoms with Crippen molar-refractivity contribution >= 4 is 16.7 Å². The predicted octanol–water partition coefficient (Wildman–Crippen LogP) is 4.86. The van der Waals surface area contributed by atoms with Crippen LogP contribution < -0.4 is 14.8 Å². The molecule has 4 rings (SSSR count). The van der Waals surface area contributed by atoms with Gasteiger partial charge in [-0.3, -0.25) is 0 Å². The maximum absolute atomic E-state index is 5.36. The van der Waals surface area contributed by atoms with Crippen LogP contribution in [0.15, 0.2) is 66.7 Å². The van der Waals surface area contributed by atoms with Gasteiger partial charge in [-0.25, -0.2) is 4.98 Å². The summed E-state index contributed by atoms with van der Waals surface area (Å²) in [6, 6.07) is 22.2. The van der Waals surface area contributed by atoms with E-state index in [1.54, 1.807) is 14.2 Å². The van der Waals surface area contributed by atoms with Gasteiger partial charge in [0.15, 0.2) is 11.5 Å². The van der Waals surface area contributed by atoms with Crippen LogP contribution in [-0.2, 0) is 6.54 Å². The first kappa shape index (κ1) is 17.0. The zero-order valence-corrected chi connectivity index (χ0v) is 15.3. The average Bonchev–Trinajstić information content (AvgIpc) is 3.16. The number of nitrogens with one attached hydrogen (secondary N) is 2. The third-order valence-corrected chi connectivity index (χ3v) is 4.47. The van der Waals surface area contributed by atoms with E-state index in [4.69, 9.17) is 9.47 Å². The molecule has 3 aromatic carbocycles. The number of aromatic amines is 1. The minimum atomic E-state index is 0.698. The van der Waals surface area contributed by atoms with Crippen molar-refractivity contribution in [1.29, 1.82) is 0 Å². The number of methoxy groups -OCH3 is 2. The van der Waals surface area contributed by atoms with Gasteiger partial charge in [0.1, 0.15) is 5.82 Å². The fraction of sp³-hybridized carbons (Fsp3) is 0.136. The van der Waals surface area contributed by atoms with Crippen LogP contribution in [0.25, 0.3) is 22.4 Å². The van der Waals surface area contributed by atoms with Crippen molar-refractivity contribution in [3.63, 3.8) is 0 Å². The lowest BCUT2D eigenvalue weighted by molar-refractivity contribution is 0.355. The number of H-pyrrole nitrogens is 1. The number of nitrogens with zero attached hydrogens (tertiary/aromatic N) is 1. The molecule has 0 atom stereocenters. The Morgan fingerprint density at radius 1 is 0.889 bits per heavy atom. The van der Waals surface area contributed by atoms with Gasteiger partial charge in [0.05, 0.1) is 25.3 Å². The second-order valence-electron chi connectivity index (χ2n) is 6.23. The van der Waals surface area contributed by atoms with Crippen LogP contribution >= 0.6 is 0 Å². The quantitative estimate of drug-likeness (QED) is 0.516. The van der Waals surface area contributed by atoms with Crippen molar-refractivity contribution in [2.45, 2.75) is 6.54 Å². The minimum absolute atomic E-state index is 0.698. The summed E-state index contributed by atoms with van der Waals surface area (Å²) in [5.41, 5.74) is 5.23. The zero-order chi connectivity index (χ0) is 18.6. The SMILES string of the molecule is COc1ccc(NCc2cccc(-c3nc4ccccc4[nH]3)c2)cc1OC. The molecule has 0 aliphatic rings. The smallest absolute Gasteiger partial charge is 0.162 e. The molecule has 1 aromatic heterocycles. The van der Waals surface area contributed by atoms with Gasteiger partial charge < -0.3 is 19.8 Å². The Morgan fingerprint density at radius 2 is 1.74 bits per heavy atom. The summed E-state index contributed by atoms with van der Waals surface area (Å²) in [5.74, 6) is 2.30. The number of hydrogen-bond acceptors (Lipinski definition) is 4. The lowest BCUT2D eigenvalue weighted by Gasteiger charge is -2.11. The van der Waals surface area contributed by atoms with E-state index >= 15 is 0 Å². The van der Waals surface area contributed by atoms with Gasteiger partial charge in [-0.1, -0.05) is 30.3 Å². The van der Waals surface area contributed by atoms with Gasteiger partial charge in [0.2, 0.25) is 0 Å². The van der Waals surface area contributed by atoms with Crippen LogP contribution in [0.1, 0.15) is 5.56 Å². The first-order chi connectivity index (χ1) is 13.3. The standard InChI is InChI=1S/C22H21N3O2/c1-26-20-11-10-17(13-21(20)27-2)23-14-15-6-5-7-16(12-15)22-24-18-8-3-4-9-19(18)25-22/h3-13,23H,14H2,1-2H3,(H,24,25). The van der Waals surface area contributed by atoms with Gasteiger partial charge in [0, 0.05) is 23.9 Å². The summed E-state index contributed by atoms with van der Waals surface area (Å²) >= 11 is 0. The van der Waals surface area contributed by atoms with E-state index in [0.717, 1.165) is 33.9 Å². The van der Waals surface area contributed by atoms with Gasteiger partial charge in [-0.05, 0) is 35.9 Å². The molecule has 5 heteroatoms. The average molecular weight is 359 g/mol. The van der Waals surface area contributed by atoms with E-state index < -0.39 is 0 Å². The number of fused-ring (bicyclic) bond motifs is 1. The van der Waals surface area contributed by atoms with E-state index in [1.807, 2.05) is 48.5 Å². The lowest BCUT2D eigenvalue weighted by Crippen LogP contribution is -2.00. The van der Waals surface area contributed by atoms with Gasteiger partial charge in [0.25, 0.3) is 0 Å². The molecule has 0 aliphatic heterocycles. The molecule has 0 amide bonds. The summed E-state index contributed by atoms with van der Waals surface area (Å²) in [4.78, 5) is 8.06. The first-order valence-electron chi connectivity index (χ1n) is 8.77. The summed E-state index contributed by atoms with van der Waals surface area (Å²) in [6.07, 6.45) is 0. The highest BCUT2D eigenvalue weighted by Gasteiger charge is 2.07. The Hall–Kier alpha value is -3.47. The number of anilines is 1. The fourth-order valence-electron chi connectivity index (χ4n) is 3.07. The highest BCUT2D eigenvalue weighted by atomic mass is 16.5. The molecule has 0 bridgehead atoms. The normalized spacial score (nSPS) is 10.7. The number of ether oxygens (including phenoxy) is 2. The highest BCUT2D eigenvalue weighted by Crippen LogP contribution is 2.30. The number of hydrogen-bond donors (Lipinski definition) is 2. The summed E-state index contributed by atoms with van der Waals surface area (Å²) in [6.45, 7) is 0.698. The molecule has 0 spiro atoms. The van der Waals surface area contributed by atoms with Gasteiger partial charge >= 0.3 is 0 Å². The summed E-state index contributed by atoms with van der Waals surface area (Å²) in [7, 11) is 3.27. The molecule has 4 aromatic rings. The molecule has 0 radical (unpaired) electrons. The number of para-hydroxylation sites is 2. The Kier molecular flexibility index (Phi) is 4.66. The Labute approximate surface area is 158 Å². The fourth-order valence-corrected chi connectivity index (χ4v) is 3.07. The summed E-state index contributed by atoms with van der Waals surface area (Å²) in [5, 5.41) is 3.43. The van der Waals surface area contributed by atoms with E-state index in [-0.39, 0.29) is 0 Å². The Morgan fingerprint density at radius 3 is 2.56 bits per heavy atom. The van der Waals surface area contributed by atoms with Crippen LogP contribution in [0.3, 0.4) is 0 Å². The first-order valence-corrected chi connectivity index (χ1v) is 8.77. The van der Waals surface area contributed by atoms with E-state index in [0.29, 0.717) is 12.3 Å². The van der Waals surface area contributed by atoms with Crippen LogP contribution in [0.2, 0.25) is 0 Å². The topological polar surface area (TPSA) is 59.2 Å². The Bertz CT molecular complexity index is 1040. The van der Waals surface area contributed by atoms with Gasteiger partial charge in [-0.15, -0.1) is 0 Å². The van der Waals surface area contributed by atoms with Crippen molar-refractivity contribution < 1.29 is 9.47 Å². The lowest BCUT2D eigenvalue weighted by atomic mass is 10.1. The van der Waals surface area contributed by atoms with Crippen LogP contribution in [0.4, 0.5) is 5.69 Å². The second kappa shape index (κ2) is 7.41. The number of aromatic nitrogens is 2. The number of imidazole rings is 1. The maximum atomic E-state index is 5.36. The molecule has 5 nitrogen and oxygen atoms in total. The molecule has 0 saturated carbocycles. The van der Waals surface area contributed by atoms with Crippen molar-refractivity contribution in [2.24, 2.45) is 0 Å². The van der Waals surface area contributed by atoms with Gasteiger partial charge in [-0.2, -0.15) is 0 Å². The largest absolute Gasteiger partial charge is 0.493 e. The van der Waals surface area contributed by atoms with Crippen LogP contribution in [0, 0.1) is 0 Å². The molecule has 136 valence electrons. The maximum Gasteiger partial charge on any atom is 0.162 e. The molecule has 0 saturated heterocycles. The molecular formula is C22H21N3O2. The zero-order valence-electron chi connectivity index (χ0n) is 15.3. The van der Waals surface area contributed by atoms with Crippen molar-refractivity contribution in [2.75, 3.05) is 19.5 Å². The number of rotatable bonds is 6. The van der Waals surface area contributed by atoms with Crippen LogP contribution in [-0.4, -0.2) is 24.2 Å². The monoisotopic (exact) mass is 359 g/mol. The van der Waals surface area contributed by atoms with Crippen molar-refractivity contribution in [3.05, 3.63) is 72.3 Å². The molecule has 2 N–H and O–H groups in total. The van der Waals surface area contributed by atoms with Crippen LogP contribution in [0.5, 0.6) is 11.5 Å². The molecule has 0 fully saturated rings. The van der Waals surface area contributed by atoms with E-state index in [1.165, 1.54) is 5.56 Å². The molecule has 0 aliphatic carbocycles. The Balaban J connectivity index is 1.53. The third-order valence-electron chi connectivity index (χ3n) is 4.47. The highest BCUT2D eigenvalue weighted by molar-refractivity contribution is 5.79. The molecule has 1 heterocycles. The predicted molar refractivity (Wildman–Crippen MR) is 108 cm³/mol. The molecule has 27 heavy (non-hydrogen) atoms. The number of benzene rings is 3. The minimum Gasteiger partial charge on any atom is -0.493 e. The molecular weight excluding hydrogens is 338 g/mol. The van der Waals surface area contributed by atoms with Crippen molar-refractivity contribution in [3.8, 4) is 22.9 Å². The second-order valence-corrected chi connectivity index (χ2v) is 6.23. The third kappa shape index (κ3) is 3.58.